The van der Waals surface area contributed by atoms with E-state index in [1.54, 1.807) is 33.0 Å². The van der Waals surface area contributed by atoms with Gasteiger partial charge in [-0.25, -0.2) is 5.48 Å². The summed E-state index contributed by atoms with van der Waals surface area (Å²) in [5.74, 6) is -1.00. The predicted molar refractivity (Wildman–Crippen MR) is 144 cm³/mol. The average Bonchev–Trinajstić information content (AvgIpc) is 2.87. The SMILES string of the molecule is CCC(CC)(Cc1ccc(O)cc1)P(=O)(O)ONC(=O)[C@H](Cc1ccccc1)NC(=O)[C@@H](NC)C(C)C. The minimum absolute atomic E-state index is 0.0195. The smallest absolute Gasteiger partial charge is 0.355 e. The van der Waals surface area contributed by atoms with Crippen LogP contribution in [0.5, 0.6) is 5.75 Å². The van der Waals surface area contributed by atoms with E-state index in [4.69, 9.17) is 4.62 Å². The standard InChI is InChI=1S/C27H40N3O6P/c1-6-27(7-2,18-21-13-15-22(31)16-14-21)37(34,35)36-30-25(32)23(17-20-11-9-8-10-12-20)29-26(33)24(28-5)19(3)4/h8-16,19,23-24,28,31H,6-7,17-18H2,1-5H3,(H,29,33)(H,30,32)(H,34,35)/t23-,24-/m0/s1. The summed E-state index contributed by atoms with van der Waals surface area (Å²) in [4.78, 5) is 37.1. The van der Waals surface area contributed by atoms with Crippen LogP contribution in [0.3, 0.4) is 0 Å². The molecule has 0 radical (unpaired) electrons. The van der Waals surface area contributed by atoms with Gasteiger partial charge in [0.1, 0.15) is 11.8 Å². The highest BCUT2D eigenvalue weighted by atomic mass is 31.2. The van der Waals surface area contributed by atoms with Crippen LogP contribution in [0.15, 0.2) is 54.6 Å². The summed E-state index contributed by atoms with van der Waals surface area (Å²) in [5.41, 5.74) is 3.74. The van der Waals surface area contributed by atoms with E-state index in [-0.39, 0.29) is 30.4 Å². The Hall–Kier alpha value is -2.71. The topological polar surface area (TPSA) is 137 Å². The molecule has 37 heavy (non-hydrogen) atoms. The Labute approximate surface area is 219 Å². The van der Waals surface area contributed by atoms with Gasteiger partial charge in [-0.3, -0.25) is 14.2 Å². The van der Waals surface area contributed by atoms with Crippen LogP contribution < -0.4 is 16.1 Å². The number of carbonyl (C=O) groups excluding carboxylic acids is 2. The van der Waals surface area contributed by atoms with Crippen LogP contribution in [0.4, 0.5) is 0 Å². The molecule has 1 unspecified atom stereocenters. The van der Waals surface area contributed by atoms with Crippen LogP contribution in [-0.4, -0.2) is 46.1 Å². The number of benzene rings is 2. The third-order valence-corrected chi connectivity index (χ3v) is 9.16. The van der Waals surface area contributed by atoms with Gasteiger partial charge < -0.3 is 20.6 Å². The number of phenols is 1. The molecule has 2 aromatic carbocycles. The lowest BCUT2D eigenvalue weighted by Crippen LogP contribution is -2.54. The zero-order chi connectivity index (χ0) is 27.6. The summed E-state index contributed by atoms with van der Waals surface area (Å²) in [6, 6.07) is 14.0. The lowest BCUT2D eigenvalue weighted by atomic mass is 9.93. The minimum Gasteiger partial charge on any atom is -0.508 e. The summed E-state index contributed by atoms with van der Waals surface area (Å²) >= 11 is 0. The summed E-state index contributed by atoms with van der Waals surface area (Å²) < 4.78 is 18.8. The van der Waals surface area contributed by atoms with Gasteiger partial charge in [-0.05, 0) is 55.5 Å². The third kappa shape index (κ3) is 8.14. The van der Waals surface area contributed by atoms with E-state index in [1.165, 1.54) is 12.1 Å². The molecule has 0 bridgehead atoms. The Bertz CT molecular complexity index is 1060. The number of phenolic OH excluding ortho intramolecular Hbond substituents is 1. The Balaban J connectivity index is 2.22. The molecule has 0 spiro atoms. The highest BCUT2D eigenvalue weighted by Gasteiger charge is 2.47. The summed E-state index contributed by atoms with van der Waals surface area (Å²) in [7, 11) is -2.71. The molecule has 0 aromatic heterocycles. The highest BCUT2D eigenvalue weighted by molar-refractivity contribution is 7.54. The van der Waals surface area contributed by atoms with Gasteiger partial charge in [0.2, 0.25) is 5.91 Å². The molecule has 0 saturated carbocycles. The van der Waals surface area contributed by atoms with Crippen molar-refractivity contribution in [2.45, 2.75) is 70.6 Å². The first-order valence-corrected chi connectivity index (χ1v) is 14.2. The molecule has 0 heterocycles. The Morgan fingerprint density at radius 3 is 2.08 bits per heavy atom. The predicted octanol–water partition coefficient (Wildman–Crippen LogP) is 3.70. The molecule has 3 atom stereocenters. The quantitative estimate of drug-likeness (QED) is 0.184. The van der Waals surface area contributed by atoms with Gasteiger partial charge in [0.15, 0.2) is 0 Å². The van der Waals surface area contributed by atoms with Crippen molar-refractivity contribution in [1.29, 1.82) is 0 Å². The molecule has 10 heteroatoms. The maximum absolute atomic E-state index is 13.5. The summed E-state index contributed by atoms with van der Waals surface area (Å²) in [6.45, 7) is 7.36. The van der Waals surface area contributed by atoms with Gasteiger partial charge in [0.05, 0.1) is 11.2 Å². The molecule has 0 saturated heterocycles. The molecule has 0 fully saturated rings. The van der Waals surface area contributed by atoms with E-state index in [2.05, 4.69) is 16.1 Å². The zero-order valence-corrected chi connectivity index (χ0v) is 23.1. The Morgan fingerprint density at radius 2 is 1.57 bits per heavy atom. The van der Waals surface area contributed by atoms with Crippen LogP contribution in [0.2, 0.25) is 0 Å². The first kappa shape index (κ1) is 30.5. The number of hydrogen-bond donors (Lipinski definition) is 5. The van der Waals surface area contributed by atoms with Crippen molar-refractivity contribution in [2.24, 2.45) is 5.92 Å². The average molecular weight is 534 g/mol. The molecule has 9 nitrogen and oxygen atoms in total. The van der Waals surface area contributed by atoms with E-state index in [0.717, 1.165) is 11.1 Å². The second kappa shape index (κ2) is 13.7. The maximum atomic E-state index is 13.5. The Kier molecular flexibility index (Phi) is 11.3. The van der Waals surface area contributed by atoms with E-state index in [0.29, 0.717) is 12.8 Å². The molecule has 2 rings (SSSR count). The molecule has 2 aromatic rings. The molecule has 0 aliphatic carbocycles. The van der Waals surface area contributed by atoms with E-state index in [1.807, 2.05) is 44.2 Å². The molecular weight excluding hydrogens is 493 g/mol. The van der Waals surface area contributed by atoms with Crippen molar-refractivity contribution in [3.8, 4) is 5.75 Å². The van der Waals surface area contributed by atoms with Crippen LogP contribution in [-0.2, 0) is 31.6 Å². The lowest BCUT2D eigenvalue weighted by Gasteiger charge is -2.35. The molecule has 2 amide bonds. The van der Waals surface area contributed by atoms with E-state index in [9.17, 15) is 24.2 Å². The number of aromatic hydroxyl groups is 1. The van der Waals surface area contributed by atoms with Crippen LogP contribution in [0.25, 0.3) is 0 Å². The van der Waals surface area contributed by atoms with Gasteiger partial charge in [-0.2, -0.15) is 4.62 Å². The van der Waals surface area contributed by atoms with E-state index >= 15 is 0 Å². The van der Waals surface area contributed by atoms with Crippen LogP contribution >= 0.6 is 7.60 Å². The van der Waals surface area contributed by atoms with Crippen molar-refractivity contribution in [1.82, 2.24) is 16.1 Å². The van der Waals surface area contributed by atoms with Crippen molar-refractivity contribution in [3.05, 3.63) is 65.7 Å². The second-order valence-corrected chi connectivity index (χ2v) is 11.8. The number of nitrogens with one attached hydrogen (secondary N) is 3. The zero-order valence-electron chi connectivity index (χ0n) is 22.2. The highest BCUT2D eigenvalue weighted by Crippen LogP contribution is 2.59. The van der Waals surface area contributed by atoms with Crippen molar-refractivity contribution < 1.29 is 28.8 Å². The lowest BCUT2D eigenvalue weighted by molar-refractivity contribution is -0.134. The fourth-order valence-electron chi connectivity index (χ4n) is 4.36. The van der Waals surface area contributed by atoms with Crippen molar-refractivity contribution in [3.63, 3.8) is 0 Å². The molecule has 0 aliphatic rings. The second-order valence-electron chi connectivity index (χ2n) is 9.61. The van der Waals surface area contributed by atoms with Crippen LogP contribution in [0.1, 0.15) is 51.7 Å². The first-order chi connectivity index (χ1) is 17.5. The van der Waals surface area contributed by atoms with Crippen molar-refractivity contribution >= 4 is 19.4 Å². The summed E-state index contributed by atoms with van der Waals surface area (Å²) in [6.07, 6.45) is 1.02. The maximum Gasteiger partial charge on any atom is 0.355 e. The molecular formula is C27H40N3O6P. The van der Waals surface area contributed by atoms with Gasteiger partial charge in [0, 0.05) is 6.42 Å². The van der Waals surface area contributed by atoms with Crippen LogP contribution in [0, 0.1) is 5.92 Å². The Morgan fingerprint density at radius 1 is 0.973 bits per heavy atom. The largest absolute Gasteiger partial charge is 0.508 e. The fourth-order valence-corrected chi connectivity index (χ4v) is 5.94. The summed E-state index contributed by atoms with van der Waals surface area (Å²) in [5, 5.41) is 14.1. The van der Waals surface area contributed by atoms with Gasteiger partial charge in [-0.1, -0.05) is 70.2 Å². The number of likely N-dealkylation sites (N-methyl/N-ethyl adjacent to an activating group) is 1. The monoisotopic (exact) mass is 533 g/mol. The van der Waals surface area contributed by atoms with Crippen molar-refractivity contribution in [2.75, 3.05) is 7.05 Å². The minimum atomic E-state index is -4.38. The third-order valence-electron chi connectivity index (χ3n) is 6.83. The molecule has 204 valence electrons. The van der Waals surface area contributed by atoms with Gasteiger partial charge in [-0.15, -0.1) is 0 Å². The van der Waals surface area contributed by atoms with E-state index < -0.39 is 30.7 Å². The molecule has 0 aliphatic heterocycles. The first-order valence-electron chi connectivity index (χ1n) is 12.6. The van der Waals surface area contributed by atoms with Gasteiger partial charge >= 0.3 is 7.60 Å². The van der Waals surface area contributed by atoms with Gasteiger partial charge in [0.25, 0.3) is 5.91 Å². The number of rotatable bonds is 14. The number of amides is 2. The number of hydrogen-bond acceptors (Lipinski definition) is 6. The number of carbonyl (C=O) groups is 2. The fraction of sp³-hybridized carbons (Fsp3) is 0.481. The normalized spacial score (nSPS) is 15.0. The number of hydroxylamine groups is 1. The molecule has 5 N–H and O–H groups in total.